The molecule has 2 aliphatic heterocycles. The first-order chi connectivity index (χ1) is 15.7. The van der Waals surface area contributed by atoms with E-state index in [0.717, 1.165) is 95.7 Å². The minimum atomic E-state index is 0. The van der Waals surface area contributed by atoms with Crippen molar-refractivity contribution in [3.05, 3.63) is 29.3 Å². The second-order valence-corrected chi connectivity index (χ2v) is 8.76. The number of guanidine groups is 1. The first-order valence-corrected chi connectivity index (χ1v) is 12.2. The van der Waals surface area contributed by atoms with Crippen LogP contribution in [-0.4, -0.2) is 65.3 Å². The van der Waals surface area contributed by atoms with Gasteiger partial charge in [0.15, 0.2) is 5.96 Å². The molecule has 3 rings (SSSR count). The van der Waals surface area contributed by atoms with E-state index in [2.05, 4.69) is 42.7 Å². The van der Waals surface area contributed by atoms with Crippen molar-refractivity contribution in [2.24, 2.45) is 16.8 Å². The lowest BCUT2D eigenvalue weighted by Gasteiger charge is -2.21. The summed E-state index contributed by atoms with van der Waals surface area (Å²) in [5.41, 5.74) is 2.30. The summed E-state index contributed by atoms with van der Waals surface area (Å²) in [5, 5.41) is 6.75. The molecule has 1 atom stereocenters. The molecule has 7 nitrogen and oxygen atoms in total. The summed E-state index contributed by atoms with van der Waals surface area (Å²) in [6, 6.07) is 6.34. The van der Waals surface area contributed by atoms with Crippen LogP contribution in [0.1, 0.15) is 43.7 Å². The average Bonchev–Trinajstić information content (AvgIpc) is 3.33. The maximum Gasteiger partial charge on any atom is 0.191 e. The van der Waals surface area contributed by atoms with Crippen LogP contribution in [0.4, 0.5) is 0 Å². The predicted molar refractivity (Wildman–Crippen MR) is 143 cm³/mol. The van der Waals surface area contributed by atoms with Crippen molar-refractivity contribution in [2.45, 2.75) is 46.1 Å². The Bertz CT molecular complexity index is 692. The second kappa shape index (κ2) is 16.5. The molecule has 0 amide bonds. The summed E-state index contributed by atoms with van der Waals surface area (Å²) >= 11 is 0. The Morgan fingerprint density at radius 1 is 1.06 bits per heavy atom. The third kappa shape index (κ3) is 10.8. The summed E-state index contributed by atoms with van der Waals surface area (Å²) in [7, 11) is 0. The number of halogens is 1. The van der Waals surface area contributed by atoms with Gasteiger partial charge in [0, 0.05) is 57.6 Å². The zero-order chi connectivity index (χ0) is 22.4. The lowest BCUT2D eigenvalue weighted by molar-refractivity contribution is 0.0203. The smallest absolute Gasteiger partial charge is 0.191 e. The van der Waals surface area contributed by atoms with Crippen molar-refractivity contribution in [3.63, 3.8) is 0 Å². The molecule has 188 valence electrons. The molecule has 2 saturated heterocycles. The van der Waals surface area contributed by atoms with E-state index in [-0.39, 0.29) is 24.0 Å². The highest BCUT2D eigenvalue weighted by Crippen LogP contribution is 2.23. The van der Waals surface area contributed by atoms with Crippen molar-refractivity contribution in [1.29, 1.82) is 0 Å². The molecule has 1 aromatic carbocycles. The Hall–Kier alpha value is -1.10. The standard InChI is InChI=1S/C25H41N3O4.HI/c1-3-26-25(27-10-4-11-30-17-21-7-12-29-13-8-21)28-16-23-6-5-20(2)15-24(23)32-19-22-9-14-31-18-22;/h5-6,15,21-22H,3-4,7-14,16-19H2,1-2H3,(H2,26,27,28);1H. The van der Waals surface area contributed by atoms with Gasteiger partial charge in [0.25, 0.3) is 0 Å². The van der Waals surface area contributed by atoms with E-state index in [1.807, 2.05) is 0 Å². The van der Waals surface area contributed by atoms with E-state index in [9.17, 15) is 0 Å². The molecule has 2 aliphatic rings. The van der Waals surface area contributed by atoms with E-state index in [4.69, 9.17) is 23.9 Å². The van der Waals surface area contributed by atoms with Crippen LogP contribution in [0.15, 0.2) is 23.2 Å². The third-order valence-corrected chi connectivity index (χ3v) is 5.93. The number of aliphatic imine (C=N–C) groups is 1. The highest BCUT2D eigenvalue weighted by Gasteiger charge is 2.17. The van der Waals surface area contributed by atoms with Crippen molar-refractivity contribution < 1.29 is 18.9 Å². The first kappa shape index (κ1) is 28.1. The van der Waals surface area contributed by atoms with E-state index < -0.39 is 0 Å². The van der Waals surface area contributed by atoms with Crippen LogP contribution in [0.5, 0.6) is 5.75 Å². The van der Waals surface area contributed by atoms with Crippen molar-refractivity contribution in [3.8, 4) is 5.75 Å². The molecule has 0 aliphatic carbocycles. The number of nitrogens with one attached hydrogen (secondary N) is 2. The quantitative estimate of drug-likeness (QED) is 0.171. The van der Waals surface area contributed by atoms with E-state index in [0.29, 0.717) is 25.0 Å². The van der Waals surface area contributed by atoms with Gasteiger partial charge in [-0.25, -0.2) is 4.99 Å². The lowest BCUT2D eigenvalue weighted by atomic mass is 10.0. The van der Waals surface area contributed by atoms with Crippen LogP contribution in [0.2, 0.25) is 0 Å². The van der Waals surface area contributed by atoms with Gasteiger partial charge in [0.05, 0.1) is 19.8 Å². The van der Waals surface area contributed by atoms with Gasteiger partial charge in [0.1, 0.15) is 5.75 Å². The Balaban J connectivity index is 0.00000385. The summed E-state index contributed by atoms with van der Waals surface area (Å²) in [5.74, 6) is 2.90. The normalized spacial score (nSPS) is 19.2. The predicted octanol–water partition coefficient (Wildman–Crippen LogP) is 3.92. The molecule has 0 aromatic heterocycles. The van der Waals surface area contributed by atoms with Crippen molar-refractivity contribution in [1.82, 2.24) is 10.6 Å². The van der Waals surface area contributed by atoms with Gasteiger partial charge in [-0.3, -0.25) is 0 Å². The van der Waals surface area contributed by atoms with Gasteiger partial charge in [0.2, 0.25) is 0 Å². The molecule has 0 spiro atoms. The second-order valence-electron chi connectivity index (χ2n) is 8.76. The van der Waals surface area contributed by atoms with Crippen LogP contribution in [0.3, 0.4) is 0 Å². The van der Waals surface area contributed by atoms with Gasteiger partial charge in [-0.05, 0) is 57.1 Å². The first-order valence-electron chi connectivity index (χ1n) is 12.2. The molecule has 33 heavy (non-hydrogen) atoms. The molecule has 2 fully saturated rings. The molecule has 2 N–H and O–H groups in total. The zero-order valence-electron chi connectivity index (χ0n) is 20.3. The topological polar surface area (TPSA) is 73.3 Å². The fourth-order valence-electron chi connectivity index (χ4n) is 3.90. The van der Waals surface area contributed by atoms with Crippen LogP contribution in [0.25, 0.3) is 0 Å². The van der Waals surface area contributed by atoms with E-state index >= 15 is 0 Å². The maximum atomic E-state index is 6.16. The van der Waals surface area contributed by atoms with Gasteiger partial charge < -0.3 is 29.6 Å². The monoisotopic (exact) mass is 575 g/mol. The van der Waals surface area contributed by atoms with Crippen molar-refractivity contribution in [2.75, 3.05) is 59.3 Å². The zero-order valence-corrected chi connectivity index (χ0v) is 22.6. The van der Waals surface area contributed by atoms with Gasteiger partial charge >= 0.3 is 0 Å². The largest absolute Gasteiger partial charge is 0.493 e. The summed E-state index contributed by atoms with van der Waals surface area (Å²) in [4.78, 5) is 4.78. The fourth-order valence-corrected chi connectivity index (χ4v) is 3.90. The molecular formula is C25H42IN3O4. The average molecular weight is 576 g/mol. The Morgan fingerprint density at radius 2 is 1.85 bits per heavy atom. The van der Waals surface area contributed by atoms with Crippen LogP contribution >= 0.6 is 24.0 Å². The molecule has 0 radical (unpaired) electrons. The summed E-state index contributed by atoms with van der Waals surface area (Å²) in [6.45, 7) is 12.1. The number of benzene rings is 1. The van der Waals surface area contributed by atoms with Crippen LogP contribution in [-0.2, 0) is 20.8 Å². The Morgan fingerprint density at radius 3 is 2.61 bits per heavy atom. The van der Waals surface area contributed by atoms with Crippen molar-refractivity contribution >= 4 is 29.9 Å². The number of rotatable bonds is 12. The highest BCUT2D eigenvalue weighted by atomic mass is 127. The van der Waals surface area contributed by atoms with Gasteiger partial charge in [-0.2, -0.15) is 0 Å². The lowest BCUT2D eigenvalue weighted by Crippen LogP contribution is -2.38. The number of ether oxygens (including phenoxy) is 4. The summed E-state index contributed by atoms with van der Waals surface area (Å²) < 4.78 is 22.9. The number of hydrogen-bond acceptors (Lipinski definition) is 5. The highest BCUT2D eigenvalue weighted by molar-refractivity contribution is 14.0. The molecule has 1 aromatic rings. The number of nitrogens with zero attached hydrogens (tertiary/aromatic N) is 1. The van der Waals surface area contributed by atoms with Gasteiger partial charge in [-0.1, -0.05) is 12.1 Å². The minimum absolute atomic E-state index is 0. The number of aryl methyl sites for hydroxylation is 1. The SMILES string of the molecule is CCNC(=NCc1ccc(C)cc1OCC1CCOC1)NCCCOCC1CCOCC1.I. The van der Waals surface area contributed by atoms with E-state index in [1.165, 1.54) is 5.56 Å². The van der Waals surface area contributed by atoms with Crippen LogP contribution < -0.4 is 15.4 Å². The Kier molecular flexibility index (Phi) is 14.1. The third-order valence-electron chi connectivity index (χ3n) is 5.93. The molecule has 0 saturated carbocycles. The van der Waals surface area contributed by atoms with Crippen LogP contribution in [0, 0.1) is 18.8 Å². The molecule has 8 heteroatoms. The molecule has 1 unspecified atom stereocenters. The van der Waals surface area contributed by atoms with Gasteiger partial charge in [-0.15, -0.1) is 24.0 Å². The fraction of sp³-hybridized carbons (Fsp3) is 0.720. The summed E-state index contributed by atoms with van der Waals surface area (Å²) in [6.07, 6.45) is 4.27. The maximum absolute atomic E-state index is 6.16. The molecule has 0 bridgehead atoms. The number of hydrogen-bond donors (Lipinski definition) is 2. The minimum Gasteiger partial charge on any atom is -0.493 e. The molecular weight excluding hydrogens is 533 g/mol. The van der Waals surface area contributed by atoms with E-state index in [1.54, 1.807) is 0 Å². The Labute approximate surface area is 216 Å². The molecule has 2 heterocycles.